The van der Waals surface area contributed by atoms with E-state index in [1.807, 2.05) is 24.5 Å². The van der Waals surface area contributed by atoms with Gasteiger partial charge in [0.05, 0.1) is 22.4 Å². The van der Waals surface area contributed by atoms with Gasteiger partial charge in [-0.25, -0.2) is 4.98 Å². The van der Waals surface area contributed by atoms with Crippen LogP contribution >= 0.6 is 0 Å². The maximum absolute atomic E-state index is 6.06. The molecule has 0 saturated carbocycles. The fraction of sp³-hybridized carbons (Fsp3) is 0.0984. The molecule has 0 aliphatic carbocycles. The zero-order valence-electron chi connectivity index (χ0n) is 38.0. The van der Waals surface area contributed by atoms with Crippen molar-refractivity contribution >= 4 is 55.8 Å². The van der Waals surface area contributed by atoms with E-state index in [0.29, 0.717) is 0 Å². The maximum atomic E-state index is 6.06. The molecule has 3 aromatic heterocycles. The number of fused-ring (bicyclic) bond motifs is 5. The number of nitrogens with zero attached hydrogens (tertiary/aromatic N) is 3. The Kier molecular flexibility index (Phi) is 10.8. The van der Waals surface area contributed by atoms with Crippen LogP contribution in [0.25, 0.3) is 99.0 Å². The Morgan fingerprint density at radius 3 is 1.39 bits per heavy atom. The molecule has 322 valence electrons. The Balaban J connectivity index is 0.000000197. The summed E-state index contributed by atoms with van der Waals surface area (Å²) in [5.41, 5.74) is 13.0. The van der Waals surface area contributed by atoms with Gasteiger partial charge in [-0.15, -0.1) is 0 Å². The number of aromatic nitrogens is 3. The highest BCUT2D eigenvalue weighted by atomic mass is 16.7. The van der Waals surface area contributed by atoms with E-state index in [2.05, 4.69) is 220 Å². The van der Waals surface area contributed by atoms with Crippen molar-refractivity contribution in [1.82, 2.24) is 15.0 Å². The third kappa shape index (κ3) is 7.95. The van der Waals surface area contributed by atoms with E-state index >= 15 is 0 Å². The quantitative estimate of drug-likeness (QED) is 0.123. The van der Waals surface area contributed by atoms with Crippen LogP contribution in [-0.4, -0.2) is 33.3 Å². The summed E-state index contributed by atoms with van der Waals surface area (Å²) in [4.78, 5) is 13.7. The van der Waals surface area contributed by atoms with E-state index in [0.717, 1.165) is 55.3 Å². The van der Waals surface area contributed by atoms with Gasteiger partial charge in [-0.1, -0.05) is 158 Å². The SMILES string of the molecule is CC1(C)OB(c2ccc(-c3ccncc3)cc2)OC1(C)C.c1ccc2c(-c3cc(-c4ccc(-c5ccncc5)cc4)c4cc(-c5cccc6ccccc56)c5ccccc5c4n3)cccc2c1. The molecule has 12 rings (SSSR count). The highest BCUT2D eigenvalue weighted by Gasteiger charge is 2.51. The number of hydrogen-bond donors (Lipinski definition) is 0. The Morgan fingerprint density at radius 2 is 0.806 bits per heavy atom. The molecule has 0 atom stereocenters. The van der Waals surface area contributed by atoms with Gasteiger partial charge in [0.25, 0.3) is 0 Å². The second-order valence-corrected chi connectivity index (χ2v) is 18.2. The fourth-order valence-electron chi connectivity index (χ4n) is 9.30. The summed E-state index contributed by atoms with van der Waals surface area (Å²) >= 11 is 0. The van der Waals surface area contributed by atoms with Crippen LogP contribution in [0, 0.1) is 0 Å². The zero-order valence-corrected chi connectivity index (χ0v) is 38.0. The maximum Gasteiger partial charge on any atom is 0.494 e. The second-order valence-electron chi connectivity index (χ2n) is 18.2. The lowest BCUT2D eigenvalue weighted by atomic mass is 9.78. The first-order valence-electron chi connectivity index (χ1n) is 22.9. The predicted octanol–water partition coefficient (Wildman–Crippen LogP) is 14.8. The molecule has 1 saturated heterocycles. The number of hydrogen-bond acceptors (Lipinski definition) is 5. The minimum absolute atomic E-state index is 0.304. The smallest absolute Gasteiger partial charge is 0.399 e. The van der Waals surface area contributed by atoms with Crippen molar-refractivity contribution in [3.8, 4) is 55.8 Å². The molecule has 6 heteroatoms. The topological polar surface area (TPSA) is 57.1 Å². The molecule has 67 heavy (non-hydrogen) atoms. The molecule has 11 aromatic rings. The van der Waals surface area contributed by atoms with E-state index < -0.39 is 0 Å². The molecule has 0 radical (unpaired) electrons. The minimum Gasteiger partial charge on any atom is -0.399 e. The normalized spacial score (nSPS) is 14.1. The molecule has 5 nitrogen and oxygen atoms in total. The van der Waals surface area contributed by atoms with Crippen LogP contribution in [0.1, 0.15) is 27.7 Å². The van der Waals surface area contributed by atoms with Gasteiger partial charge in [-0.3, -0.25) is 9.97 Å². The molecule has 1 aliphatic heterocycles. The second kappa shape index (κ2) is 17.2. The van der Waals surface area contributed by atoms with E-state index in [9.17, 15) is 0 Å². The molecule has 1 fully saturated rings. The van der Waals surface area contributed by atoms with E-state index in [-0.39, 0.29) is 18.3 Å². The first-order chi connectivity index (χ1) is 32.7. The summed E-state index contributed by atoms with van der Waals surface area (Å²) in [5, 5.41) is 8.39. The average Bonchev–Trinajstić information content (AvgIpc) is 3.61. The molecule has 4 heterocycles. The lowest BCUT2D eigenvalue weighted by molar-refractivity contribution is 0.00578. The highest BCUT2D eigenvalue weighted by Crippen LogP contribution is 2.43. The van der Waals surface area contributed by atoms with E-state index in [4.69, 9.17) is 14.3 Å². The Morgan fingerprint density at radius 1 is 0.358 bits per heavy atom. The zero-order chi connectivity index (χ0) is 45.5. The summed E-state index contributed by atoms with van der Waals surface area (Å²) in [6.07, 6.45) is 7.29. The summed E-state index contributed by atoms with van der Waals surface area (Å²) < 4.78 is 12.1. The van der Waals surface area contributed by atoms with Crippen LogP contribution in [-0.2, 0) is 9.31 Å². The molecule has 0 bridgehead atoms. The van der Waals surface area contributed by atoms with Crippen LogP contribution < -0.4 is 5.46 Å². The van der Waals surface area contributed by atoms with Gasteiger partial charge in [0.2, 0.25) is 0 Å². The van der Waals surface area contributed by atoms with Gasteiger partial charge in [0.1, 0.15) is 0 Å². The molecular formula is C61H48BN3O2. The first kappa shape index (κ1) is 41.9. The standard InChI is InChI=1S/C44H28N2.C17H20BNO2/c1-3-13-34-31(9-1)11-7-17-36(34)41-27-42-40(33-21-19-29(20-22-33)30-23-25-45-26-24-30)28-43(46-44(42)39-16-6-5-15-37(39)41)38-18-8-12-32-10-2-4-14-35(32)38;1-16(2)17(3,4)21-18(20-16)15-7-5-13(6-8-15)14-9-11-19-12-10-14/h1-28H;5-12H,1-4H3. The number of pyridine rings is 3. The van der Waals surface area contributed by atoms with Crippen molar-refractivity contribution in [1.29, 1.82) is 0 Å². The van der Waals surface area contributed by atoms with Crippen LogP contribution in [0.15, 0.2) is 219 Å². The lowest BCUT2D eigenvalue weighted by Crippen LogP contribution is -2.41. The van der Waals surface area contributed by atoms with E-state index in [1.165, 1.54) is 49.2 Å². The van der Waals surface area contributed by atoms with Crippen molar-refractivity contribution in [3.05, 3.63) is 219 Å². The van der Waals surface area contributed by atoms with Gasteiger partial charge in [0, 0.05) is 41.1 Å². The molecule has 0 spiro atoms. The van der Waals surface area contributed by atoms with Crippen LogP contribution in [0.3, 0.4) is 0 Å². The van der Waals surface area contributed by atoms with Crippen molar-refractivity contribution in [2.45, 2.75) is 38.9 Å². The number of benzene rings is 8. The highest BCUT2D eigenvalue weighted by molar-refractivity contribution is 6.62. The third-order valence-electron chi connectivity index (χ3n) is 13.6. The fourth-order valence-corrected chi connectivity index (χ4v) is 9.30. The Labute approximate surface area is 391 Å². The lowest BCUT2D eigenvalue weighted by Gasteiger charge is -2.32. The molecule has 0 amide bonds. The monoisotopic (exact) mass is 865 g/mol. The third-order valence-corrected chi connectivity index (χ3v) is 13.6. The molecule has 1 aliphatic rings. The van der Waals surface area contributed by atoms with Crippen molar-refractivity contribution in [2.24, 2.45) is 0 Å². The van der Waals surface area contributed by atoms with Crippen LogP contribution in [0.2, 0.25) is 0 Å². The van der Waals surface area contributed by atoms with Gasteiger partial charge in [-0.2, -0.15) is 0 Å². The van der Waals surface area contributed by atoms with Crippen LogP contribution in [0.4, 0.5) is 0 Å². The van der Waals surface area contributed by atoms with Gasteiger partial charge in [-0.05, 0) is 141 Å². The largest absolute Gasteiger partial charge is 0.494 e. The minimum atomic E-state index is -0.304. The number of rotatable bonds is 6. The summed E-state index contributed by atoms with van der Waals surface area (Å²) in [7, 11) is -0.304. The Hall–Kier alpha value is -7.77. The summed E-state index contributed by atoms with van der Waals surface area (Å²) in [5.74, 6) is 0. The van der Waals surface area contributed by atoms with E-state index in [1.54, 1.807) is 12.4 Å². The molecule has 8 aromatic carbocycles. The predicted molar refractivity (Wildman–Crippen MR) is 279 cm³/mol. The average molecular weight is 866 g/mol. The van der Waals surface area contributed by atoms with Crippen LogP contribution in [0.5, 0.6) is 0 Å². The summed E-state index contributed by atoms with van der Waals surface area (Å²) in [6, 6.07) is 69.0. The molecular weight excluding hydrogens is 818 g/mol. The Bertz CT molecular complexity index is 3550. The van der Waals surface area contributed by atoms with Crippen molar-refractivity contribution < 1.29 is 9.31 Å². The summed E-state index contributed by atoms with van der Waals surface area (Å²) in [6.45, 7) is 8.27. The van der Waals surface area contributed by atoms with Crippen molar-refractivity contribution in [3.63, 3.8) is 0 Å². The molecule has 0 N–H and O–H groups in total. The van der Waals surface area contributed by atoms with Gasteiger partial charge < -0.3 is 9.31 Å². The first-order valence-corrected chi connectivity index (χ1v) is 22.9. The van der Waals surface area contributed by atoms with Crippen molar-refractivity contribution in [2.75, 3.05) is 0 Å². The molecule has 0 unspecified atom stereocenters. The van der Waals surface area contributed by atoms with Gasteiger partial charge in [0.15, 0.2) is 0 Å². The van der Waals surface area contributed by atoms with Gasteiger partial charge >= 0.3 is 7.12 Å².